The molecular formula is C58H113NO5. The van der Waals surface area contributed by atoms with Crippen molar-refractivity contribution < 1.29 is 24.5 Å². The molecule has 0 aromatic rings. The van der Waals surface area contributed by atoms with Gasteiger partial charge in [0.15, 0.2) is 0 Å². The van der Waals surface area contributed by atoms with E-state index in [-0.39, 0.29) is 18.5 Å². The van der Waals surface area contributed by atoms with E-state index in [4.69, 9.17) is 4.74 Å². The van der Waals surface area contributed by atoms with Crippen LogP contribution in [0.2, 0.25) is 0 Å². The SMILES string of the molecule is CCCCCCCCCCCCCCCCCCCCCCCC/C=C/C(O)C(CO)NC(=O)CCCCCCCCCCCOC(=O)CCCCCCCCCCCCCCCC. The molecule has 0 saturated heterocycles. The Morgan fingerprint density at radius 2 is 0.719 bits per heavy atom. The minimum Gasteiger partial charge on any atom is -0.466 e. The number of aliphatic hydroxyl groups is 2. The van der Waals surface area contributed by atoms with Gasteiger partial charge in [-0.2, -0.15) is 0 Å². The lowest BCUT2D eigenvalue weighted by Crippen LogP contribution is -2.45. The topological polar surface area (TPSA) is 95.9 Å². The second-order valence-electron chi connectivity index (χ2n) is 20.0. The van der Waals surface area contributed by atoms with Gasteiger partial charge in [-0.05, 0) is 32.1 Å². The quantitative estimate of drug-likeness (QED) is 0.0321. The molecule has 0 spiro atoms. The lowest BCUT2D eigenvalue weighted by molar-refractivity contribution is -0.143. The summed E-state index contributed by atoms with van der Waals surface area (Å²) in [5, 5.41) is 23.2. The van der Waals surface area contributed by atoms with Crippen LogP contribution in [0.25, 0.3) is 0 Å². The van der Waals surface area contributed by atoms with Crippen LogP contribution in [-0.2, 0) is 14.3 Å². The second kappa shape index (κ2) is 54.2. The molecule has 0 bridgehead atoms. The number of aliphatic hydroxyl groups excluding tert-OH is 2. The zero-order chi connectivity index (χ0) is 46.5. The maximum absolute atomic E-state index is 12.5. The summed E-state index contributed by atoms with van der Waals surface area (Å²) in [4.78, 5) is 24.5. The average molecular weight is 905 g/mol. The molecule has 2 atom stereocenters. The molecule has 0 aromatic carbocycles. The Balaban J connectivity index is 3.50. The van der Waals surface area contributed by atoms with Crippen molar-refractivity contribution in [2.24, 2.45) is 0 Å². The summed E-state index contributed by atoms with van der Waals surface area (Å²) >= 11 is 0. The fourth-order valence-corrected chi connectivity index (χ4v) is 9.11. The molecule has 0 aliphatic rings. The monoisotopic (exact) mass is 904 g/mol. The largest absolute Gasteiger partial charge is 0.466 e. The minimum absolute atomic E-state index is 0.0239. The predicted molar refractivity (Wildman–Crippen MR) is 278 cm³/mol. The molecule has 0 radical (unpaired) electrons. The van der Waals surface area contributed by atoms with Crippen LogP contribution >= 0.6 is 0 Å². The zero-order valence-electron chi connectivity index (χ0n) is 43.3. The second-order valence-corrected chi connectivity index (χ2v) is 20.0. The van der Waals surface area contributed by atoms with Crippen LogP contribution in [0.3, 0.4) is 0 Å². The first kappa shape index (κ1) is 62.6. The molecule has 0 aliphatic heterocycles. The van der Waals surface area contributed by atoms with Crippen LogP contribution in [-0.4, -0.2) is 47.4 Å². The van der Waals surface area contributed by atoms with Gasteiger partial charge in [-0.15, -0.1) is 0 Å². The van der Waals surface area contributed by atoms with E-state index < -0.39 is 12.1 Å². The van der Waals surface area contributed by atoms with Crippen molar-refractivity contribution >= 4 is 11.9 Å². The molecule has 380 valence electrons. The molecule has 6 heteroatoms. The van der Waals surface area contributed by atoms with Crippen molar-refractivity contribution in [1.29, 1.82) is 0 Å². The Morgan fingerprint density at radius 3 is 1.06 bits per heavy atom. The molecule has 2 unspecified atom stereocenters. The van der Waals surface area contributed by atoms with Crippen molar-refractivity contribution in [3.05, 3.63) is 12.2 Å². The van der Waals surface area contributed by atoms with Gasteiger partial charge in [0.2, 0.25) is 5.91 Å². The number of ether oxygens (including phenoxy) is 1. The molecule has 0 heterocycles. The lowest BCUT2D eigenvalue weighted by Gasteiger charge is -2.20. The van der Waals surface area contributed by atoms with Gasteiger partial charge < -0.3 is 20.3 Å². The molecule has 0 aliphatic carbocycles. The number of amides is 1. The van der Waals surface area contributed by atoms with E-state index in [0.717, 1.165) is 57.8 Å². The van der Waals surface area contributed by atoms with Gasteiger partial charge >= 0.3 is 5.97 Å². The Hall–Kier alpha value is -1.40. The molecule has 0 aromatic heterocycles. The van der Waals surface area contributed by atoms with Gasteiger partial charge in [0.1, 0.15) is 0 Å². The number of carbonyl (C=O) groups is 2. The summed E-state index contributed by atoms with van der Waals surface area (Å²) in [5.74, 6) is -0.115. The lowest BCUT2D eigenvalue weighted by atomic mass is 10.0. The van der Waals surface area contributed by atoms with Crippen molar-refractivity contribution in [2.75, 3.05) is 13.2 Å². The van der Waals surface area contributed by atoms with E-state index in [2.05, 4.69) is 19.2 Å². The number of hydrogen-bond acceptors (Lipinski definition) is 5. The number of unbranched alkanes of at least 4 members (excludes halogenated alkanes) is 43. The van der Waals surface area contributed by atoms with Crippen molar-refractivity contribution in [3.63, 3.8) is 0 Å². The highest BCUT2D eigenvalue weighted by Gasteiger charge is 2.18. The third-order valence-electron chi connectivity index (χ3n) is 13.6. The number of carbonyl (C=O) groups excluding carboxylic acids is 2. The highest BCUT2D eigenvalue weighted by Crippen LogP contribution is 2.17. The number of esters is 1. The summed E-state index contributed by atoms with van der Waals surface area (Å²) in [6.07, 6.45) is 63.8. The van der Waals surface area contributed by atoms with Crippen LogP contribution < -0.4 is 5.32 Å². The van der Waals surface area contributed by atoms with E-state index in [1.165, 1.54) is 238 Å². The van der Waals surface area contributed by atoms with Crippen LogP contribution in [0.4, 0.5) is 0 Å². The van der Waals surface area contributed by atoms with Crippen molar-refractivity contribution in [3.8, 4) is 0 Å². The number of allylic oxidation sites excluding steroid dienone is 1. The van der Waals surface area contributed by atoms with Crippen LogP contribution in [0.15, 0.2) is 12.2 Å². The fraction of sp³-hybridized carbons (Fsp3) is 0.931. The summed E-state index contributed by atoms with van der Waals surface area (Å²) in [5.41, 5.74) is 0. The van der Waals surface area contributed by atoms with Crippen LogP contribution in [0.1, 0.15) is 322 Å². The molecule has 64 heavy (non-hydrogen) atoms. The molecular weight excluding hydrogens is 791 g/mol. The predicted octanol–water partition coefficient (Wildman–Crippen LogP) is 17.7. The summed E-state index contributed by atoms with van der Waals surface area (Å²) in [7, 11) is 0. The smallest absolute Gasteiger partial charge is 0.305 e. The standard InChI is InChI=1S/C58H113NO5/c1-3-5-7-9-11-13-15-17-19-20-21-22-23-24-25-26-27-28-29-31-34-38-42-46-50-56(61)55(54-60)59-57(62)51-47-43-39-35-33-37-41-45-49-53-64-58(63)52-48-44-40-36-32-30-18-16-14-12-10-8-6-4-2/h46,50,55-56,60-61H,3-45,47-49,51-54H2,1-2H3,(H,59,62)/b50-46+. The number of hydrogen-bond donors (Lipinski definition) is 3. The Morgan fingerprint density at radius 1 is 0.422 bits per heavy atom. The molecule has 6 nitrogen and oxygen atoms in total. The Bertz CT molecular complexity index is 955. The zero-order valence-corrected chi connectivity index (χ0v) is 43.3. The fourth-order valence-electron chi connectivity index (χ4n) is 9.11. The van der Waals surface area contributed by atoms with E-state index in [9.17, 15) is 19.8 Å². The van der Waals surface area contributed by atoms with Gasteiger partial charge in [-0.25, -0.2) is 0 Å². The summed E-state index contributed by atoms with van der Waals surface area (Å²) < 4.78 is 5.46. The number of rotatable bonds is 54. The van der Waals surface area contributed by atoms with Gasteiger partial charge in [-0.1, -0.05) is 289 Å². The normalized spacial score (nSPS) is 12.6. The third-order valence-corrected chi connectivity index (χ3v) is 13.6. The highest BCUT2D eigenvalue weighted by atomic mass is 16.5. The van der Waals surface area contributed by atoms with Gasteiger partial charge in [0.05, 0.1) is 25.4 Å². The molecule has 0 saturated carbocycles. The molecule has 3 N–H and O–H groups in total. The van der Waals surface area contributed by atoms with E-state index in [1.54, 1.807) is 6.08 Å². The number of nitrogens with one attached hydrogen (secondary N) is 1. The molecule has 0 rings (SSSR count). The Labute approximate surface area is 399 Å². The Kier molecular flexibility index (Phi) is 53.0. The van der Waals surface area contributed by atoms with Crippen LogP contribution in [0, 0.1) is 0 Å². The summed E-state index contributed by atoms with van der Waals surface area (Å²) in [6.45, 7) is 4.87. The molecule has 0 fully saturated rings. The first-order valence-electron chi connectivity index (χ1n) is 29.0. The maximum Gasteiger partial charge on any atom is 0.305 e. The van der Waals surface area contributed by atoms with Gasteiger partial charge in [-0.3, -0.25) is 9.59 Å². The first-order chi connectivity index (χ1) is 31.5. The van der Waals surface area contributed by atoms with E-state index >= 15 is 0 Å². The first-order valence-corrected chi connectivity index (χ1v) is 29.0. The highest BCUT2D eigenvalue weighted by molar-refractivity contribution is 5.76. The maximum atomic E-state index is 12.5. The average Bonchev–Trinajstić information content (AvgIpc) is 3.29. The van der Waals surface area contributed by atoms with E-state index in [0.29, 0.717) is 19.4 Å². The van der Waals surface area contributed by atoms with Gasteiger partial charge in [0.25, 0.3) is 0 Å². The summed E-state index contributed by atoms with van der Waals surface area (Å²) in [6, 6.07) is -0.647. The van der Waals surface area contributed by atoms with Crippen molar-refractivity contribution in [1.82, 2.24) is 5.32 Å². The van der Waals surface area contributed by atoms with E-state index in [1.807, 2.05) is 6.08 Å². The van der Waals surface area contributed by atoms with Gasteiger partial charge in [0, 0.05) is 12.8 Å². The van der Waals surface area contributed by atoms with Crippen LogP contribution in [0.5, 0.6) is 0 Å². The minimum atomic E-state index is -0.862. The third kappa shape index (κ3) is 50.0. The molecule has 1 amide bonds. The van der Waals surface area contributed by atoms with Crippen molar-refractivity contribution in [2.45, 2.75) is 334 Å².